The highest BCUT2D eigenvalue weighted by Gasteiger charge is 2.25. The molecule has 7 nitrogen and oxygen atoms in total. The number of aromatic nitrogens is 1. The van der Waals surface area contributed by atoms with Gasteiger partial charge in [0.15, 0.2) is 5.58 Å². The van der Waals surface area contributed by atoms with E-state index in [1.165, 1.54) is 0 Å². The molecule has 0 amide bonds. The fourth-order valence-corrected chi connectivity index (χ4v) is 6.01. The van der Waals surface area contributed by atoms with E-state index < -0.39 is 19.8 Å². The highest BCUT2D eigenvalue weighted by molar-refractivity contribution is 8.03. The Morgan fingerprint density at radius 3 is 2.57 bits per heavy atom. The fraction of sp³-hybridized carbons (Fsp3) is 0.417. The van der Waals surface area contributed by atoms with Gasteiger partial charge in [0.1, 0.15) is 5.52 Å². The van der Waals surface area contributed by atoms with Crippen molar-refractivity contribution in [3.05, 3.63) is 24.3 Å². The molecule has 2 aromatic rings. The second-order valence-electron chi connectivity index (χ2n) is 4.94. The van der Waals surface area contributed by atoms with Gasteiger partial charge in [0.05, 0.1) is 27.5 Å². The first kappa shape index (κ1) is 14.3. The van der Waals surface area contributed by atoms with Gasteiger partial charge in [0.25, 0.3) is 16.0 Å². The lowest BCUT2D eigenvalue weighted by Crippen LogP contribution is -2.40. The molecule has 0 radical (unpaired) electrons. The van der Waals surface area contributed by atoms with Crippen LogP contribution in [0, 0.1) is 0 Å². The SMILES string of the molecule is CS(=O)(=O)N=S1(=O)CCN(c2nc3ccccc3o2)CC1. The van der Waals surface area contributed by atoms with Crippen LogP contribution in [0.1, 0.15) is 0 Å². The van der Waals surface area contributed by atoms with Crippen LogP contribution in [0.3, 0.4) is 0 Å². The zero-order valence-corrected chi connectivity index (χ0v) is 13.1. The number of para-hydroxylation sites is 2. The van der Waals surface area contributed by atoms with Crippen molar-refractivity contribution in [2.24, 2.45) is 3.77 Å². The predicted molar refractivity (Wildman–Crippen MR) is 81.4 cm³/mol. The number of fused-ring (bicyclic) bond motifs is 1. The van der Waals surface area contributed by atoms with Gasteiger partial charge in [-0.15, -0.1) is 3.77 Å². The molecule has 1 saturated heterocycles. The van der Waals surface area contributed by atoms with Crippen molar-refractivity contribution in [2.45, 2.75) is 0 Å². The monoisotopic (exact) mass is 329 g/mol. The molecule has 1 aromatic heterocycles. The van der Waals surface area contributed by atoms with Crippen molar-refractivity contribution >= 4 is 36.9 Å². The molecule has 1 aliphatic heterocycles. The third-order valence-corrected chi connectivity index (χ3v) is 7.00. The smallest absolute Gasteiger partial charge is 0.298 e. The van der Waals surface area contributed by atoms with E-state index in [0.717, 1.165) is 11.8 Å². The molecule has 1 aliphatic rings. The van der Waals surface area contributed by atoms with Crippen molar-refractivity contribution in [3.63, 3.8) is 0 Å². The summed E-state index contributed by atoms with van der Waals surface area (Å²) in [6, 6.07) is 7.90. The van der Waals surface area contributed by atoms with Gasteiger partial charge in [0.2, 0.25) is 0 Å². The molecule has 1 fully saturated rings. The molecule has 0 N–H and O–H groups in total. The third kappa shape index (κ3) is 3.18. The highest BCUT2D eigenvalue weighted by atomic mass is 32.3. The second kappa shape index (κ2) is 4.99. The minimum absolute atomic E-state index is 0.193. The molecule has 21 heavy (non-hydrogen) atoms. The summed E-state index contributed by atoms with van der Waals surface area (Å²) < 4.78 is 43.9. The number of benzene rings is 1. The first-order valence-corrected chi connectivity index (χ1v) is 10.1. The van der Waals surface area contributed by atoms with Gasteiger partial charge in [-0.3, -0.25) is 0 Å². The summed E-state index contributed by atoms with van der Waals surface area (Å²) in [7, 11) is -6.29. The van der Waals surface area contributed by atoms with E-state index in [-0.39, 0.29) is 11.5 Å². The predicted octanol–water partition coefficient (Wildman–Crippen LogP) is 1.08. The fourth-order valence-electron chi connectivity index (χ4n) is 2.23. The summed E-state index contributed by atoms with van der Waals surface area (Å²) in [6.45, 7) is 0.815. The van der Waals surface area contributed by atoms with E-state index in [0.29, 0.717) is 24.7 Å². The Hall–Kier alpha value is -1.61. The van der Waals surface area contributed by atoms with E-state index in [1.54, 1.807) is 0 Å². The van der Waals surface area contributed by atoms with Gasteiger partial charge < -0.3 is 9.32 Å². The number of hydrogen-bond acceptors (Lipinski definition) is 6. The second-order valence-corrected chi connectivity index (χ2v) is 9.36. The molecule has 3 rings (SSSR count). The van der Waals surface area contributed by atoms with Crippen molar-refractivity contribution < 1.29 is 17.0 Å². The lowest BCUT2D eigenvalue weighted by atomic mass is 10.3. The topological polar surface area (TPSA) is 92.8 Å². The standard InChI is InChI=1S/C12H15N3O4S2/c1-20(16,17)14-21(18)8-6-15(7-9-21)12-13-10-4-2-3-5-11(10)19-12/h2-5H,6-9H2,1H3. The highest BCUT2D eigenvalue weighted by Crippen LogP contribution is 2.23. The Bertz CT molecular complexity index is 847. The summed E-state index contributed by atoms with van der Waals surface area (Å²) in [5.74, 6) is 0.386. The molecule has 0 atom stereocenters. The summed E-state index contributed by atoms with van der Waals surface area (Å²) in [5.41, 5.74) is 1.46. The minimum atomic E-state index is -3.59. The molecule has 9 heteroatoms. The van der Waals surface area contributed by atoms with Crippen LogP contribution in [0.5, 0.6) is 0 Å². The van der Waals surface area contributed by atoms with E-state index in [4.69, 9.17) is 4.42 Å². The van der Waals surface area contributed by atoms with Crippen LogP contribution in [-0.4, -0.2) is 48.5 Å². The van der Waals surface area contributed by atoms with Gasteiger partial charge >= 0.3 is 0 Å². The Kier molecular flexibility index (Phi) is 3.40. The molecular weight excluding hydrogens is 314 g/mol. The molecule has 0 aliphatic carbocycles. The largest absolute Gasteiger partial charge is 0.423 e. The number of hydrogen-bond donors (Lipinski definition) is 0. The average molecular weight is 329 g/mol. The van der Waals surface area contributed by atoms with Crippen LogP contribution in [-0.2, 0) is 19.8 Å². The molecular formula is C12H15N3O4S2. The van der Waals surface area contributed by atoms with Crippen LogP contribution in [0.4, 0.5) is 6.01 Å². The maximum Gasteiger partial charge on any atom is 0.298 e. The number of oxazole rings is 1. The molecule has 0 saturated carbocycles. The molecule has 0 bridgehead atoms. The van der Waals surface area contributed by atoms with Gasteiger partial charge in [-0.2, -0.15) is 4.98 Å². The van der Waals surface area contributed by atoms with E-state index in [9.17, 15) is 12.6 Å². The van der Waals surface area contributed by atoms with Gasteiger partial charge in [-0.05, 0) is 12.1 Å². The molecule has 2 heterocycles. The van der Waals surface area contributed by atoms with Crippen molar-refractivity contribution in [1.82, 2.24) is 4.98 Å². The van der Waals surface area contributed by atoms with Crippen LogP contribution in [0.2, 0.25) is 0 Å². The van der Waals surface area contributed by atoms with E-state index in [2.05, 4.69) is 8.75 Å². The minimum Gasteiger partial charge on any atom is -0.423 e. The quantitative estimate of drug-likeness (QED) is 0.818. The lowest BCUT2D eigenvalue weighted by molar-refractivity contribution is 0.571. The summed E-state index contributed by atoms with van der Waals surface area (Å²) >= 11 is 0. The number of rotatable bonds is 2. The molecule has 0 spiro atoms. The zero-order valence-electron chi connectivity index (χ0n) is 11.4. The van der Waals surface area contributed by atoms with Crippen LogP contribution in [0.25, 0.3) is 11.1 Å². The maximum absolute atomic E-state index is 12.3. The van der Waals surface area contributed by atoms with Gasteiger partial charge in [0, 0.05) is 13.1 Å². The summed E-state index contributed by atoms with van der Waals surface area (Å²) in [5, 5.41) is 0. The van der Waals surface area contributed by atoms with Crippen molar-refractivity contribution in [1.29, 1.82) is 0 Å². The zero-order chi connectivity index (χ0) is 15.1. The van der Waals surface area contributed by atoms with Crippen molar-refractivity contribution in [3.8, 4) is 0 Å². The van der Waals surface area contributed by atoms with Crippen LogP contribution < -0.4 is 4.90 Å². The number of anilines is 1. The van der Waals surface area contributed by atoms with Crippen molar-refractivity contribution in [2.75, 3.05) is 35.8 Å². The Balaban J connectivity index is 1.83. The van der Waals surface area contributed by atoms with Crippen LogP contribution in [0.15, 0.2) is 32.5 Å². The van der Waals surface area contributed by atoms with Crippen LogP contribution >= 0.6 is 0 Å². The molecule has 1 aromatic carbocycles. The van der Waals surface area contributed by atoms with Gasteiger partial charge in [-0.1, -0.05) is 12.1 Å². The Morgan fingerprint density at radius 1 is 1.29 bits per heavy atom. The normalized spacial score (nSPS) is 18.8. The Labute approximate surface area is 123 Å². The summed E-state index contributed by atoms with van der Waals surface area (Å²) in [6.07, 6.45) is 0.965. The van der Waals surface area contributed by atoms with E-state index in [1.807, 2.05) is 29.2 Å². The van der Waals surface area contributed by atoms with E-state index >= 15 is 0 Å². The average Bonchev–Trinajstić information content (AvgIpc) is 2.80. The maximum atomic E-state index is 12.3. The number of nitrogens with zero attached hydrogens (tertiary/aromatic N) is 3. The third-order valence-electron chi connectivity index (χ3n) is 3.18. The molecule has 0 unspecified atom stereocenters. The first-order chi connectivity index (χ1) is 9.85. The number of sulfonamides is 1. The van der Waals surface area contributed by atoms with Gasteiger partial charge in [-0.25, -0.2) is 12.6 Å². The molecule has 114 valence electrons. The Morgan fingerprint density at radius 2 is 1.95 bits per heavy atom. The first-order valence-electron chi connectivity index (χ1n) is 6.39. The summed E-state index contributed by atoms with van der Waals surface area (Å²) in [4.78, 5) is 6.24. The lowest BCUT2D eigenvalue weighted by Gasteiger charge is -2.26.